The molecular formula is C12H19N3S. The van der Waals surface area contributed by atoms with Crippen LogP contribution in [0, 0.1) is 4.64 Å². The van der Waals surface area contributed by atoms with Crippen molar-refractivity contribution in [1.82, 2.24) is 9.97 Å². The van der Waals surface area contributed by atoms with Crippen LogP contribution in [0.15, 0.2) is 6.07 Å². The van der Waals surface area contributed by atoms with Crippen LogP contribution in [-0.4, -0.2) is 23.1 Å². The standard InChI is InChI=1S/C12H19N3S/c1-2-10-9-11(16)14-12(13-10)15-7-5-3-4-6-8-15/h9H,2-8H2,1H3,(H,13,14,16). The zero-order chi connectivity index (χ0) is 11.4. The molecule has 2 heterocycles. The van der Waals surface area contributed by atoms with E-state index < -0.39 is 0 Å². The summed E-state index contributed by atoms with van der Waals surface area (Å²) in [6.07, 6.45) is 6.18. The van der Waals surface area contributed by atoms with Gasteiger partial charge in [0.1, 0.15) is 4.64 Å². The molecule has 0 atom stereocenters. The number of nitrogens with one attached hydrogen (secondary N) is 1. The average molecular weight is 237 g/mol. The molecule has 0 spiro atoms. The first kappa shape index (κ1) is 11.6. The quantitative estimate of drug-likeness (QED) is 0.802. The van der Waals surface area contributed by atoms with E-state index in [1.54, 1.807) is 0 Å². The first-order chi connectivity index (χ1) is 7.79. The van der Waals surface area contributed by atoms with Crippen LogP contribution in [0.2, 0.25) is 0 Å². The Balaban J connectivity index is 2.23. The Morgan fingerprint density at radius 3 is 2.62 bits per heavy atom. The molecule has 1 aliphatic rings. The summed E-state index contributed by atoms with van der Waals surface area (Å²) in [5.74, 6) is 0.964. The van der Waals surface area contributed by atoms with Gasteiger partial charge in [0.2, 0.25) is 5.95 Å². The maximum Gasteiger partial charge on any atom is 0.204 e. The van der Waals surface area contributed by atoms with Gasteiger partial charge < -0.3 is 9.88 Å². The minimum Gasteiger partial charge on any atom is -0.342 e. The maximum atomic E-state index is 5.20. The van der Waals surface area contributed by atoms with Crippen LogP contribution in [0.1, 0.15) is 38.3 Å². The molecule has 0 aliphatic carbocycles. The molecule has 0 radical (unpaired) electrons. The Labute approximate surface area is 102 Å². The lowest BCUT2D eigenvalue weighted by Crippen LogP contribution is -2.26. The Bertz CT molecular complexity index is 391. The van der Waals surface area contributed by atoms with E-state index in [-0.39, 0.29) is 0 Å². The molecule has 1 N–H and O–H groups in total. The van der Waals surface area contributed by atoms with Crippen molar-refractivity contribution < 1.29 is 0 Å². The normalized spacial score (nSPS) is 17.2. The number of anilines is 1. The van der Waals surface area contributed by atoms with Crippen LogP contribution < -0.4 is 4.90 Å². The Morgan fingerprint density at radius 2 is 2.00 bits per heavy atom. The molecule has 0 bridgehead atoms. The highest BCUT2D eigenvalue weighted by Gasteiger charge is 2.11. The van der Waals surface area contributed by atoms with Crippen molar-refractivity contribution in [3.63, 3.8) is 0 Å². The third-order valence-corrected chi connectivity index (χ3v) is 3.28. The maximum absolute atomic E-state index is 5.20. The highest BCUT2D eigenvalue weighted by molar-refractivity contribution is 7.71. The van der Waals surface area contributed by atoms with E-state index in [1.807, 2.05) is 6.07 Å². The van der Waals surface area contributed by atoms with Crippen LogP contribution in [0.4, 0.5) is 5.95 Å². The summed E-state index contributed by atoms with van der Waals surface area (Å²) in [5.41, 5.74) is 1.18. The number of hydrogen-bond donors (Lipinski definition) is 1. The summed E-state index contributed by atoms with van der Waals surface area (Å²) in [5, 5.41) is 0. The van der Waals surface area contributed by atoms with Gasteiger partial charge in [0.25, 0.3) is 0 Å². The van der Waals surface area contributed by atoms with E-state index in [2.05, 4.69) is 21.8 Å². The molecule has 16 heavy (non-hydrogen) atoms. The summed E-state index contributed by atoms with van der Waals surface area (Å²) in [6, 6.07) is 1.96. The summed E-state index contributed by atoms with van der Waals surface area (Å²) in [4.78, 5) is 10.1. The molecule has 0 saturated carbocycles. The van der Waals surface area contributed by atoms with Gasteiger partial charge in [-0.3, -0.25) is 0 Å². The second kappa shape index (κ2) is 5.43. The van der Waals surface area contributed by atoms with Crippen molar-refractivity contribution in [1.29, 1.82) is 0 Å². The van der Waals surface area contributed by atoms with E-state index in [0.717, 1.165) is 25.5 Å². The van der Waals surface area contributed by atoms with Gasteiger partial charge in [0.05, 0.1) is 0 Å². The molecule has 1 aromatic rings. The zero-order valence-corrected chi connectivity index (χ0v) is 10.6. The van der Waals surface area contributed by atoms with Gasteiger partial charge in [-0.25, -0.2) is 4.98 Å². The van der Waals surface area contributed by atoms with Gasteiger partial charge in [-0.2, -0.15) is 0 Å². The smallest absolute Gasteiger partial charge is 0.204 e. The van der Waals surface area contributed by atoms with Gasteiger partial charge in [-0.05, 0) is 25.3 Å². The lowest BCUT2D eigenvalue weighted by atomic mass is 10.2. The van der Waals surface area contributed by atoms with Crippen LogP contribution in [-0.2, 0) is 6.42 Å². The monoisotopic (exact) mass is 237 g/mol. The Hall–Kier alpha value is -0.900. The number of nitrogens with zero attached hydrogens (tertiary/aromatic N) is 2. The number of rotatable bonds is 2. The third-order valence-electron chi connectivity index (χ3n) is 3.07. The zero-order valence-electron chi connectivity index (χ0n) is 9.83. The van der Waals surface area contributed by atoms with Gasteiger partial charge in [-0.15, -0.1) is 0 Å². The highest BCUT2D eigenvalue weighted by atomic mass is 32.1. The molecule has 1 aromatic heterocycles. The van der Waals surface area contributed by atoms with Crippen LogP contribution in [0.5, 0.6) is 0 Å². The minimum atomic E-state index is 0.704. The number of aryl methyl sites for hydroxylation is 1. The second-order valence-electron chi connectivity index (χ2n) is 4.32. The first-order valence-electron chi connectivity index (χ1n) is 6.15. The van der Waals surface area contributed by atoms with Crippen LogP contribution in [0.25, 0.3) is 0 Å². The van der Waals surface area contributed by atoms with Crippen molar-refractivity contribution in [3.8, 4) is 0 Å². The molecule has 1 saturated heterocycles. The summed E-state index contributed by atoms with van der Waals surface area (Å²) >= 11 is 5.20. The summed E-state index contributed by atoms with van der Waals surface area (Å²) in [7, 11) is 0. The molecule has 88 valence electrons. The minimum absolute atomic E-state index is 0.704. The van der Waals surface area contributed by atoms with Crippen LogP contribution >= 0.6 is 12.2 Å². The average Bonchev–Trinajstić information content (AvgIpc) is 2.56. The van der Waals surface area contributed by atoms with Gasteiger partial charge >= 0.3 is 0 Å². The Kier molecular flexibility index (Phi) is 3.93. The van der Waals surface area contributed by atoms with Crippen molar-refractivity contribution in [2.75, 3.05) is 18.0 Å². The summed E-state index contributed by atoms with van der Waals surface area (Å²) < 4.78 is 0.704. The molecule has 4 heteroatoms. The number of H-pyrrole nitrogens is 1. The first-order valence-corrected chi connectivity index (χ1v) is 6.55. The molecule has 3 nitrogen and oxygen atoms in total. The van der Waals surface area contributed by atoms with E-state index in [0.29, 0.717) is 4.64 Å². The molecule has 2 rings (SSSR count). The van der Waals surface area contributed by atoms with E-state index in [4.69, 9.17) is 12.2 Å². The van der Waals surface area contributed by atoms with Crippen molar-refractivity contribution in [2.45, 2.75) is 39.0 Å². The fraction of sp³-hybridized carbons (Fsp3) is 0.667. The molecule has 1 fully saturated rings. The largest absolute Gasteiger partial charge is 0.342 e. The van der Waals surface area contributed by atoms with Gasteiger partial charge in [0.15, 0.2) is 0 Å². The third kappa shape index (κ3) is 2.82. The highest BCUT2D eigenvalue weighted by Crippen LogP contribution is 2.15. The SMILES string of the molecule is CCc1cc(=S)nc(N2CCCCCC2)[nH]1. The molecule has 0 amide bonds. The molecule has 1 aliphatic heterocycles. The van der Waals surface area contributed by atoms with E-state index >= 15 is 0 Å². The van der Waals surface area contributed by atoms with Crippen molar-refractivity contribution in [3.05, 3.63) is 16.4 Å². The van der Waals surface area contributed by atoms with Crippen LogP contribution in [0.3, 0.4) is 0 Å². The molecule has 0 unspecified atom stereocenters. The Morgan fingerprint density at radius 1 is 1.31 bits per heavy atom. The van der Waals surface area contributed by atoms with E-state index in [9.17, 15) is 0 Å². The lowest BCUT2D eigenvalue weighted by molar-refractivity contribution is 0.726. The number of hydrogen-bond acceptors (Lipinski definition) is 3. The second-order valence-corrected chi connectivity index (χ2v) is 4.74. The van der Waals surface area contributed by atoms with Gasteiger partial charge in [-0.1, -0.05) is 32.0 Å². The molecule has 0 aromatic carbocycles. The number of aromatic amines is 1. The van der Waals surface area contributed by atoms with Crippen molar-refractivity contribution in [2.24, 2.45) is 0 Å². The van der Waals surface area contributed by atoms with E-state index in [1.165, 1.54) is 31.4 Å². The predicted octanol–water partition coefficient (Wildman–Crippen LogP) is 3.08. The van der Waals surface area contributed by atoms with Crippen molar-refractivity contribution >= 4 is 18.2 Å². The summed E-state index contributed by atoms with van der Waals surface area (Å²) in [6.45, 7) is 4.34. The topological polar surface area (TPSA) is 31.9 Å². The number of aromatic nitrogens is 2. The van der Waals surface area contributed by atoms with Gasteiger partial charge in [0, 0.05) is 18.8 Å². The fourth-order valence-electron chi connectivity index (χ4n) is 2.12. The lowest BCUT2D eigenvalue weighted by Gasteiger charge is -2.21. The predicted molar refractivity (Wildman–Crippen MR) is 69.5 cm³/mol. The fourth-order valence-corrected chi connectivity index (χ4v) is 2.34. The molecular weight excluding hydrogens is 218 g/mol.